The molecule has 0 saturated heterocycles. The van der Waals surface area contributed by atoms with Crippen LogP contribution in [0.15, 0.2) is 12.2 Å². The van der Waals surface area contributed by atoms with Crippen LogP contribution < -0.4 is 0 Å². The number of allylic oxidation sites excluding steroid dienone is 2. The largest absolute Gasteiger partial charge is 0.481 e. The summed E-state index contributed by atoms with van der Waals surface area (Å²) in [6.45, 7) is 4.20. The summed E-state index contributed by atoms with van der Waals surface area (Å²) < 4.78 is 0. The second-order valence-corrected chi connectivity index (χ2v) is 6.61. The van der Waals surface area contributed by atoms with Gasteiger partial charge in [-0.1, -0.05) is 77.4 Å². The molecular formula is C21H39O2. The first-order valence-electron chi connectivity index (χ1n) is 9.93. The predicted molar refractivity (Wildman–Crippen MR) is 101 cm³/mol. The minimum atomic E-state index is -0.675. The minimum absolute atomic E-state index is 0.247. The van der Waals surface area contributed by atoms with Crippen LogP contribution in [0, 0.1) is 12.3 Å². The van der Waals surface area contributed by atoms with Crippen LogP contribution in [-0.2, 0) is 4.79 Å². The highest BCUT2D eigenvalue weighted by molar-refractivity contribution is 5.71. The van der Waals surface area contributed by atoms with E-state index in [2.05, 4.69) is 19.1 Å². The summed E-state index contributed by atoms with van der Waals surface area (Å²) in [6.07, 6.45) is 23.9. The van der Waals surface area contributed by atoms with Crippen LogP contribution in [0.3, 0.4) is 0 Å². The molecule has 0 amide bonds. The predicted octanol–water partition coefficient (Wildman–Crippen LogP) is 6.95. The molecule has 0 aromatic carbocycles. The van der Waals surface area contributed by atoms with Crippen LogP contribution in [0.4, 0.5) is 0 Å². The molecular weight excluding hydrogens is 284 g/mol. The molecule has 2 nitrogen and oxygen atoms in total. The van der Waals surface area contributed by atoms with Gasteiger partial charge in [0.1, 0.15) is 0 Å². The molecule has 0 aliphatic rings. The molecule has 0 saturated carbocycles. The first-order valence-corrected chi connectivity index (χ1v) is 9.93. The quantitative estimate of drug-likeness (QED) is 0.232. The Morgan fingerprint density at radius 3 is 1.74 bits per heavy atom. The van der Waals surface area contributed by atoms with Crippen molar-refractivity contribution in [2.75, 3.05) is 0 Å². The topological polar surface area (TPSA) is 37.3 Å². The standard InChI is InChI=1S/C21H39O2/c1-3-5-6-7-8-9-10-11-12-13-14-15-16-17-18-19-20(4-2)21(22)23/h9-10,19-20H,3-8,11-18H2,1-2H3,(H,22,23)/b10-9-/t20-/m1/s1. The number of hydrogen-bond donors (Lipinski definition) is 1. The van der Waals surface area contributed by atoms with Gasteiger partial charge in [0.15, 0.2) is 0 Å². The average molecular weight is 324 g/mol. The first kappa shape index (κ1) is 22.2. The van der Waals surface area contributed by atoms with Gasteiger partial charge in [0.2, 0.25) is 0 Å². The molecule has 0 aliphatic carbocycles. The molecule has 1 radical (unpaired) electrons. The van der Waals surface area contributed by atoms with Gasteiger partial charge in [0, 0.05) is 0 Å². The zero-order valence-electron chi connectivity index (χ0n) is 15.6. The Morgan fingerprint density at radius 2 is 1.26 bits per heavy atom. The molecule has 0 aromatic rings. The van der Waals surface area contributed by atoms with E-state index in [4.69, 9.17) is 5.11 Å². The van der Waals surface area contributed by atoms with Gasteiger partial charge in [-0.3, -0.25) is 4.79 Å². The Bertz CT molecular complexity index is 284. The summed E-state index contributed by atoms with van der Waals surface area (Å²) in [5, 5.41) is 8.95. The molecule has 0 fully saturated rings. The molecule has 2 heteroatoms. The van der Waals surface area contributed by atoms with Gasteiger partial charge in [-0.25, -0.2) is 0 Å². The van der Waals surface area contributed by atoms with Crippen LogP contribution in [-0.4, -0.2) is 11.1 Å². The van der Waals surface area contributed by atoms with Crippen molar-refractivity contribution < 1.29 is 9.90 Å². The molecule has 23 heavy (non-hydrogen) atoms. The Labute approximate surface area is 144 Å². The molecule has 0 heterocycles. The first-order chi connectivity index (χ1) is 11.2. The number of unbranched alkanes of at least 4 members (excludes halogenated alkanes) is 11. The van der Waals surface area contributed by atoms with Gasteiger partial charge >= 0.3 is 5.97 Å². The van der Waals surface area contributed by atoms with Crippen molar-refractivity contribution in [2.24, 2.45) is 5.92 Å². The average Bonchev–Trinajstić information content (AvgIpc) is 2.54. The van der Waals surface area contributed by atoms with Crippen molar-refractivity contribution >= 4 is 5.97 Å². The summed E-state index contributed by atoms with van der Waals surface area (Å²) in [4.78, 5) is 10.9. The van der Waals surface area contributed by atoms with E-state index in [-0.39, 0.29) is 5.92 Å². The van der Waals surface area contributed by atoms with Crippen LogP contribution in [0.1, 0.15) is 104 Å². The smallest absolute Gasteiger partial charge is 0.306 e. The Hall–Kier alpha value is -0.790. The SMILES string of the molecule is CCCCCC/C=C\CCCCCCCC[CH][C@@H](CC)C(=O)O. The van der Waals surface area contributed by atoms with Crippen molar-refractivity contribution in [3.63, 3.8) is 0 Å². The van der Waals surface area contributed by atoms with E-state index in [1.807, 2.05) is 13.3 Å². The molecule has 0 bridgehead atoms. The van der Waals surface area contributed by atoms with E-state index >= 15 is 0 Å². The van der Waals surface area contributed by atoms with E-state index in [1.165, 1.54) is 70.6 Å². The zero-order chi connectivity index (χ0) is 17.2. The van der Waals surface area contributed by atoms with Gasteiger partial charge in [-0.05, 0) is 44.9 Å². The number of carboxylic acid groups (broad SMARTS) is 1. The summed E-state index contributed by atoms with van der Waals surface area (Å²) in [7, 11) is 0. The summed E-state index contributed by atoms with van der Waals surface area (Å²) in [5.74, 6) is -0.922. The van der Waals surface area contributed by atoms with Crippen molar-refractivity contribution in [1.29, 1.82) is 0 Å². The van der Waals surface area contributed by atoms with Gasteiger partial charge < -0.3 is 5.11 Å². The number of carbonyl (C=O) groups is 1. The summed E-state index contributed by atoms with van der Waals surface area (Å²) >= 11 is 0. The fraction of sp³-hybridized carbons (Fsp3) is 0.810. The number of carboxylic acids is 1. The van der Waals surface area contributed by atoms with Crippen LogP contribution in [0.25, 0.3) is 0 Å². The Kier molecular flexibility index (Phi) is 17.0. The lowest BCUT2D eigenvalue weighted by molar-refractivity contribution is -0.140. The molecule has 0 aliphatic heterocycles. The van der Waals surface area contributed by atoms with E-state index < -0.39 is 5.97 Å². The third-order valence-corrected chi connectivity index (χ3v) is 4.42. The fourth-order valence-corrected chi connectivity index (χ4v) is 2.80. The molecule has 135 valence electrons. The number of aliphatic carboxylic acids is 1. The van der Waals surface area contributed by atoms with E-state index in [0.717, 1.165) is 12.8 Å². The van der Waals surface area contributed by atoms with Crippen molar-refractivity contribution in [1.82, 2.24) is 0 Å². The lowest BCUT2D eigenvalue weighted by Crippen LogP contribution is -2.12. The third-order valence-electron chi connectivity index (χ3n) is 4.42. The second kappa shape index (κ2) is 17.6. The molecule has 0 aromatic heterocycles. The van der Waals surface area contributed by atoms with Crippen LogP contribution in [0.2, 0.25) is 0 Å². The highest BCUT2D eigenvalue weighted by Gasteiger charge is 2.13. The van der Waals surface area contributed by atoms with Gasteiger partial charge in [0.25, 0.3) is 0 Å². The lowest BCUT2D eigenvalue weighted by atomic mass is 9.98. The second-order valence-electron chi connectivity index (χ2n) is 6.61. The minimum Gasteiger partial charge on any atom is -0.481 e. The maximum atomic E-state index is 10.9. The molecule has 0 unspecified atom stereocenters. The Balaban J connectivity index is 3.21. The van der Waals surface area contributed by atoms with E-state index in [9.17, 15) is 4.79 Å². The van der Waals surface area contributed by atoms with Crippen LogP contribution in [0.5, 0.6) is 0 Å². The summed E-state index contributed by atoms with van der Waals surface area (Å²) in [5.41, 5.74) is 0. The van der Waals surface area contributed by atoms with Gasteiger partial charge in [0.05, 0.1) is 5.92 Å². The van der Waals surface area contributed by atoms with Crippen molar-refractivity contribution in [2.45, 2.75) is 104 Å². The molecule has 1 atom stereocenters. The number of rotatable bonds is 17. The maximum absolute atomic E-state index is 10.9. The Morgan fingerprint density at radius 1 is 0.783 bits per heavy atom. The highest BCUT2D eigenvalue weighted by atomic mass is 16.4. The maximum Gasteiger partial charge on any atom is 0.306 e. The van der Waals surface area contributed by atoms with Crippen molar-refractivity contribution in [3.05, 3.63) is 18.6 Å². The van der Waals surface area contributed by atoms with E-state index in [1.54, 1.807) is 0 Å². The molecule has 1 N–H and O–H groups in total. The van der Waals surface area contributed by atoms with E-state index in [0.29, 0.717) is 6.42 Å². The van der Waals surface area contributed by atoms with Crippen molar-refractivity contribution in [3.8, 4) is 0 Å². The molecule has 0 spiro atoms. The summed E-state index contributed by atoms with van der Waals surface area (Å²) in [6, 6.07) is 0. The molecule has 0 rings (SSSR count). The lowest BCUT2D eigenvalue weighted by Gasteiger charge is -2.08. The monoisotopic (exact) mass is 323 g/mol. The highest BCUT2D eigenvalue weighted by Crippen LogP contribution is 2.15. The third kappa shape index (κ3) is 15.9. The number of hydrogen-bond acceptors (Lipinski definition) is 1. The fourth-order valence-electron chi connectivity index (χ4n) is 2.80. The van der Waals surface area contributed by atoms with Gasteiger partial charge in [-0.2, -0.15) is 0 Å². The zero-order valence-corrected chi connectivity index (χ0v) is 15.6. The van der Waals surface area contributed by atoms with Crippen LogP contribution >= 0.6 is 0 Å². The van der Waals surface area contributed by atoms with Gasteiger partial charge in [-0.15, -0.1) is 0 Å². The normalized spacial score (nSPS) is 12.8.